The van der Waals surface area contributed by atoms with E-state index in [1.54, 1.807) is 18.2 Å². The molecular weight excluding hydrogens is 408 g/mol. The Hall–Kier alpha value is -1.46. The summed E-state index contributed by atoms with van der Waals surface area (Å²) in [6.45, 7) is 0. The normalized spacial score (nSPS) is 12.0. The summed E-state index contributed by atoms with van der Waals surface area (Å²) in [5.74, 6) is -1.90. The van der Waals surface area contributed by atoms with E-state index in [2.05, 4.69) is 4.98 Å². The van der Waals surface area contributed by atoms with E-state index in [-0.39, 0.29) is 12.0 Å². The molecule has 0 saturated heterocycles. The van der Waals surface area contributed by atoms with Crippen LogP contribution >= 0.6 is 46.4 Å². The largest absolute Gasteiger partial charge is 0.481 e. The predicted molar refractivity (Wildman–Crippen MR) is 103 cm³/mol. The van der Waals surface area contributed by atoms with E-state index in [9.17, 15) is 9.59 Å². The van der Waals surface area contributed by atoms with E-state index in [0.717, 1.165) is 16.5 Å². The van der Waals surface area contributed by atoms with E-state index >= 15 is 0 Å². The highest BCUT2D eigenvalue weighted by atomic mass is 35.5. The predicted octanol–water partition coefficient (Wildman–Crippen LogP) is 5.01. The average Bonchev–Trinajstić information content (AvgIpc) is 2.56. The molecule has 0 fully saturated rings. The van der Waals surface area contributed by atoms with Gasteiger partial charge in [-0.3, -0.25) is 9.59 Å². The quantitative estimate of drug-likeness (QED) is 0.583. The van der Waals surface area contributed by atoms with E-state index in [1.807, 2.05) is 24.3 Å². The summed E-state index contributed by atoms with van der Waals surface area (Å²) in [5, 5.41) is 10.4. The maximum atomic E-state index is 10.9. The van der Waals surface area contributed by atoms with E-state index in [0.29, 0.717) is 10.0 Å². The summed E-state index contributed by atoms with van der Waals surface area (Å²) >= 11 is 22.7. The number of rotatable bonds is 4. The second kappa shape index (κ2) is 8.77. The third-order valence-electron chi connectivity index (χ3n) is 3.47. The summed E-state index contributed by atoms with van der Waals surface area (Å²) < 4.78 is 0. The van der Waals surface area contributed by atoms with Crippen LogP contribution in [0.1, 0.15) is 5.56 Å². The molecule has 0 spiro atoms. The van der Waals surface area contributed by atoms with E-state index < -0.39 is 16.7 Å². The van der Waals surface area contributed by atoms with Gasteiger partial charge in [0.25, 0.3) is 5.56 Å². The Bertz CT molecular complexity index is 890. The number of halogens is 4. The number of carbonyl (C=O) groups is 1. The number of alkyl halides is 2. The first kappa shape index (κ1) is 19.9. The molecule has 0 aliphatic rings. The number of nitrogens with one attached hydrogen (secondary N) is 1. The van der Waals surface area contributed by atoms with Crippen molar-refractivity contribution in [1.82, 2.24) is 4.98 Å². The summed E-state index contributed by atoms with van der Waals surface area (Å²) in [6, 6.07) is 12.3. The zero-order chi connectivity index (χ0) is 18.6. The molecule has 132 valence electrons. The van der Waals surface area contributed by atoms with Crippen molar-refractivity contribution in [3.8, 4) is 0 Å². The molecule has 2 aromatic carbocycles. The molecule has 25 heavy (non-hydrogen) atoms. The van der Waals surface area contributed by atoms with Gasteiger partial charge >= 0.3 is 5.97 Å². The van der Waals surface area contributed by atoms with Gasteiger partial charge in [-0.2, -0.15) is 0 Å². The van der Waals surface area contributed by atoms with Gasteiger partial charge in [-0.15, -0.1) is 23.2 Å². The zero-order valence-corrected chi connectivity index (χ0v) is 15.7. The lowest BCUT2D eigenvalue weighted by molar-refractivity contribution is -0.141. The minimum atomic E-state index is -1.04. The molecule has 0 radical (unpaired) electrons. The van der Waals surface area contributed by atoms with Crippen molar-refractivity contribution in [3.05, 3.63) is 68.4 Å². The standard InChI is InChI=1S/C10H8Cl4O2.C7H5NO/c11-7-2-1-5(4-8(7)12)3-6(9(13)14)10(15)16;9-7-5-1-3-6(8-7)4-2-5/h1-2,4,6,9H,3H2,(H,15,16);1-4H,(H,8,9). The van der Waals surface area contributed by atoms with Crippen LogP contribution in [0.4, 0.5) is 0 Å². The second-order valence-corrected chi connectivity index (χ2v) is 7.24. The first-order valence-electron chi connectivity index (χ1n) is 7.14. The maximum absolute atomic E-state index is 10.9. The first-order chi connectivity index (χ1) is 11.8. The zero-order valence-electron chi connectivity index (χ0n) is 12.7. The molecular formula is C17H13Cl4NO3. The lowest BCUT2D eigenvalue weighted by atomic mass is 10.0. The summed E-state index contributed by atoms with van der Waals surface area (Å²) in [7, 11) is 0. The van der Waals surface area contributed by atoms with Gasteiger partial charge < -0.3 is 10.1 Å². The van der Waals surface area contributed by atoms with Crippen molar-refractivity contribution >= 4 is 63.3 Å². The molecule has 0 saturated carbocycles. The van der Waals surface area contributed by atoms with Gasteiger partial charge in [0.05, 0.1) is 16.0 Å². The molecule has 8 heteroatoms. The topological polar surface area (TPSA) is 70.2 Å². The van der Waals surface area contributed by atoms with E-state index in [1.165, 1.54) is 0 Å². The Morgan fingerprint density at radius 2 is 1.68 bits per heavy atom. The third kappa shape index (κ3) is 5.51. The number of aromatic nitrogens is 1. The highest BCUT2D eigenvalue weighted by molar-refractivity contribution is 6.45. The molecule has 1 atom stereocenters. The molecule has 4 rings (SSSR count). The molecule has 0 aliphatic carbocycles. The molecule has 4 aromatic rings. The molecule has 2 heterocycles. The highest BCUT2D eigenvalue weighted by Gasteiger charge is 2.25. The van der Waals surface area contributed by atoms with Crippen molar-refractivity contribution in [2.75, 3.05) is 0 Å². The number of carboxylic acid groups (broad SMARTS) is 1. The molecule has 2 aromatic heterocycles. The molecule has 2 N–H and O–H groups in total. The Morgan fingerprint density at radius 1 is 1.04 bits per heavy atom. The Kier molecular flexibility index (Phi) is 6.96. The van der Waals surface area contributed by atoms with Crippen LogP contribution in [0.2, 0.25) is 10.0 Å². The summed E-state index contributed by atoms with van der Waals surface area (Å²) in [4.78, 5) is 23.4. The SMILES string of the molecule is O=C(O)C(Cc1ccc(Cl)c(Cl)c1)C(Cl)Cl.O=c1[nH]c2ccc1cc2. The number of aliphatic carboxylic acids is 1. The number of pyridine rings is 2. The molecule has 0 aliphatic heterocycles. The van der Waals surface area contributed by atoms with Crippen LogP contribution in [0.15, 0.2) is 47.3 Å². The van der Waals surface area contributed by atoms with Crippen molar-refractivity contribution < 1.29 is 9.90 Å². The molecule has 2 bridgehead atoms. The van der Waals surface area contributed by atoms with Gasteiger partial charge in [0, 0.05) is 10.9 Å². The number of fused-ring (bicyclic) bond motifs is 3. The highest BCUT2D eigenvalue weighted by Crippen LogP contribution is 2.26. The van der Waals surface area contributed by atoms with Crippen molar-refractivity contribution in [2.24, 2.45) is 5.92 Å². The smallest absolute Gasteiger partial charge is 0.309 e. The van der Waals surface area contributed by atoms with Crippen LogP contribution in [0.25, 0.3) is 10.9 Å². The molecule has 0 amide bonds. The summed E-state index contributed by atoms with van der Waals surface area (Å²) in [5.41, 5.74) is 1.62. The van der Waals surface area contributed by atoms with Gasteiger partial charge in [-0.25, -0.2) is 0 Å². The van der Waals surface area contributed by atoms with Crippen LogP contribution in [0.5, 0.6) is 0 Å². The molecule has 4 nitrogen and oxygen atoms in total. The van der Waals surface area contributed by atoms with Crippen LogP contribution in [-0.4, -0.2) is 20.9 Å². The monoisotopic (exact) mass is 419 g/mol. The number of carboxylic acids is 1. The number of benzene rings is 2. The Morgan fingerprint density at radius 3 is 2.04 bits per heavy atom. The van der Waals surface area contributed by atoms with Crippen molar-refractivity contribution in [3.63, 3.8) is 0 Å². The van der Waals surface area contributed by atoms with E-state index in [4.69, 9.17) is 51.5 Å². The summed E-state index contributed by atoms with van der Waals surface area (Å²) in [6.07, 6.45) is 0.212. The van der Waals surface area contributed by atoms with Crippen molar-refractivity contribution in [2.45, 2.75) is 11.3 Å². The lowest BCUT2D eigenvalue weighted by Crippen LogP contribution is -2.22. The van der Waals surface area contributed by atoms with Gasteiger partial charge in [0.15, 0.2) is 0 Å². The first-order valence-corrected chi connectivity index (χ1v) is 8.77. The molecule has 1 unspecified atom stereocenters. The Labute approximate surface area is 163 Å². The van der Waals surface area contributed by atoms with Crippen LogP contribution in [0, 0.1) is 5.92 Å². The number of hydrogen-bond acceptors (Lipinski definition) is 2. The Balaban J connectivity index is 0.000000208. The van der Waals surface area contributed by atoms with Gasteiger partial charge in [-0.1, -0.05) is 29.3 Å². The third-order valence-corrected chi connectivity index (χ3v) is 4.81. The number of H-pyrrole nitrogens is 1. The van der Waals surface area contributed by atoms with Crippen LogP contribution in [-0.2, 0) is 11.2 Å². The number of aromatic amines is 1. The van der Waals surface area contributed by atoms with Gasteiger partial charge in [0.2, 0.25) is 0 Å². The fraction of sp³-hybridized carbons (Fsp3) is 0.176. The van der Waals surface area contributed by atoms with Gasteiger partial charge in [-0.05, 0) is 48.4 Å². The lowest BCUT2D eigenvalue weighted by Gasteiger charge is -2.13. The fourth-order valence-electron chi connectivity index (χ4n) is 2.11. The van der Waals surface area contributed by atoms with Gasteiger partial charge in [0.1, 0.15) is 4.84 Å². The minimum absolute atomic E-state index is 0.00926. The maximum Gasteiger partial charge on any atom is 0.309 e. The van der Waals surface area contributed by atoms with Crippen molar-refractivity contribution in [1.29, 1.82) is 0 Å². The average molecular weight is 421 g/mol. The fourth-order valence-corrected chi connectivity index (χ4v) is 2.83. The van der Waals surface area contributed by atoms with Crippen LogP contribution in [0.3, 0.4) is 0 Å². The number of hydrogen-bond donors (Lipinski definition) is 2. The van der Waals surface area contributed by atoms with Crippen LogP contribution < -0.4 is 5.56 Å². The second-order valence-electron chi connectivity index (χ2n) is 5.26. The minimum Gasteiger partial charge on any atom is -0.481 e.